The predicted octanol–water partition coefficient (Wildman–Crippen LogP) is 5.12. The maximum absolute atomic E-state index is 13.7. The smallest absolute Gasteiger partial charge is 0.258 e. The minimum absolute atomic E-state index is 0.0156. The molecule has 6 heteroatoms. The summed E-state index contributed by atoms with van der Waals surface area (Å²) in [6.07, 6.45) is 0. The van der Waals surface area contributed by atoms with Crippen molar-refractivity contribution in [2.75, 3.05) is 16.4 Å². The molecule has 4 nitrogen and oxygen atoms in total. The number of aryl methyl sites for hydroxylation is 1. The molecule has 0 saturated heterocycles. The molecule has 0 heterocycles. The monoisotopic (exact) mass is 394 g/mol. The topological polar surface area (TPSA) is 58.2 Å². The number of halogens is 1. The summed E-state index contributed by atoms with van der Waals surface area (Å²) in [4.78, 5) is 25.2. The molecule has 0 saturated carbocycles. The van der Waals surface area contributed by atoms with Gasteiger partial charge >= 0.3 is 0 Å². The molecule has 142 valence electrons. The van der Waals surface area contributed by atoms with Crippen LogP contribution in [0.4, 0.5) is 15.8 Å². The number of benzene rings is 3. The highest BCUT2D eigenvalue weighted by molar-refractivity contribution is 8.00. The summed E-state index contributed by atoms with van der Waals surface area (Å²) in [7, 11) is 0. The first-order valence-electron chi connectivity index (χ1n) is 8.67. The Labute approximate surface area is 167 Å². The first-order valence-corrected chi connectivity index (χ1v) is 9.66. The van der Waals surface area contributed by atoms with Gasteiger partial charge in [-0.05, 0) is 48.9 Å². The Morgan fingerprint density at radius 3 is 2.46 bits per heavy atom. The highest BCUT2D eigenvalue weighted by Gasteiger charge is 2.11. The van der Waals surface area contributed by atoms with Crippen LogP contribution in [0.2, 0.25) is 0 Å². The van der Waals surface area contributed by atoms with Crippen molar-refractivity contribution >= 4 is 35.0 Å². The molecular weight excluding hydrogens is 375 g/mol. The van der Waals surface area contributed by atoms with Crippen molar-refractivity contribution in [2.24, 2.45) is 0 Å². The third-order valence-corrected chi connectivity index (χ3v) is 4.99. The molecule has 28 heavy (non-hydrogen) atoms. The van der Waals surface area contributed by atoms with E-state index in [1.807, 2.05) is 37.3 Å². The van der Waals surface area contributed by atoms with Gasteiger partial charge in [-0.25, -0.2) is 4.39 Å². The molecule has 2 N–H and O–H groups in total. The minimum Gasteiger partial charge on any atom is -0.325 e. The van der Waals surface area contributed by atoms with Gasteiger partial charge in [0.2, 0.25) is 5.91 Å². The average Bonchev–Trinajstić information content (AvgIpc) is 2.69. The van der Waals surface area contributed by atoms with Gasteiger partial charge in [0, 0.05) is 16.3 Å². The molecule has 3 rings (SSSR count). The highest BCUT2D eigenvalue weighted by Crippen LogP contribution is 2.23. The van der Waals surface area contributed by atoms with E-state index in [1.165, 1.54) is 30.0 Å². The van der Waals surface area contributed by atoms with E-state index in [0.29, 0.717) is 5.69 Å². The number of anilines is 2. The van der Waals surface area contributed by atoms with Crippen LogP contribution in [0.1, 0.15) is 15.9 Å². The number of rotatable bonds is 6. The zero-order valence-electron chi connectivity index (χ0n) is 15.2. The molecule has 0 aliphatic carbocycles. The zero-order valence-corrected chi connectivity index (χ0v) is 16.1. The lowest BCUT2D eigenvalue weighted by atomic mass is 10.2. The molecule has 0 aliphatic heterocycles. The van der Waals surface area contributed by atoms with Gasteiger partial charge in [-0.3, -0.25) is 9.59 Å². The zero-order chi connectivity index (χ0) is 19.9. The standard InChI is InChI=1S/C22H19FN2O2S/c1-15-7-2-5-12-20(15)25-21(26)14-28-17-9-6-8-16(13-17)24-22(27)18-10-3-4-11-19(18)23/h2-13H,14H2,1H3,(H,24,27)(H,25,26). The molecule has 0 unspecified atom stereocenters. The molecule has 2 amide bonds. The molecule has 3 aromatic carbocycles. The first-order chi connectivity index (χ1) is 13.5. The van der Waals surface area contributed by atoms with E-state index in [0.717, 1.165) is 16.1 Å². The van der Waals surface area contributed by atoms with Crippen molar-refractivity contribution in [3.8, 4) is 0 Å². The third-order valence-electron chi connectivity index (χ3n) is 4.00. The van der Waals surface area contributed by atoms with Crippen molar-refractivity contribution in [2.45, 2.75) is 11.8 Å². The summed E-state index contributed by atoms with van der Waals surface area (Å²) in [5, 5.41) is 5.57. The number of nitrogens with one attached hydrogen (secondary N) is 2. The highest BCUT2D eigenvalue weighted by atomic mass is 32.2. The Morgan fingerprint density at radius 2 is 1.68 bits per heavy atom. The lowest BCUT2D eigenvalue weighted by molar-refractivity contribution is -0.113. The van der Waals surface area contributed by atoms with Gasteiger partial charge in [-0.15, -0.1) is 11.8 Å². The molecule has 0 atom stereocenters. The molecule has 0 bridgehead atoms. The van der Waals surface area contributed by atoms with Gasteiger partial charge in [0.05, 0.1) is 11.3 Å². The van der Waals surface area contributed by atoms with Crippen molar-refractivity contribution < 1.29 is 14.0 Å². The second kappa shape index (κ2) is 9.19. The van der Waals surface area contributed by atoms with E-state index in [1.54, 1.807) is 24.3 Å². The van der Waals surface area contributed by atoms with E-state index < -0.39 is 11.7 Å². The van der Waals surface area contributed by atoms with E-state index >= 15 is 0 Å². The van der Waals surface area contributed by atoms with Gasteiger partial charge in [0.1, 0.15) is 5.82 Å². The van der Waals surface area contributed by atoms with Crippen LogP contribution >= 0.6 is 11.8 Å². The number of hydrogen-bond acceptors (Lipinski definition) is 3. The molecule has 0 aromatic heterocycles. The van der Waals surface area contributed by atoms with Crippen LogP contribution in [0.3, 0.4) is 0 Å². The van der Waals surface area contributed by atoms with Gasteiger partial charge < -0.3 is 10.6 Å². The lowest BCUT2D eigenvalue weighted by Gasteiger charge is -2.09. The van der Waals surface area contributed by atoms with Crippen LogP contribution in [0, 0.1) is 12.7 Å². The summed E-state index contributed by atoms with van der Waals surface area (Å²) in [5.41, 5.74) is 2.31. The summed E-state index contributed by atoms with van der Waals surface area (Å²) in [6, 6.07) is 20.5. The Morgan fingerprint density at radius 1 is 0.929 bits per heavy atom. The van der Waals surface area contributed by atoms with Crippen molar-refractivity contribution in [1.82, 2.24) is 0 Å². The summed E-state index contributed by atoms with van der Waals surface area (Å²) < 4.78 is 13.7. The van der Waals surface area contributed by atoms with Gasteiger partial charge in [-0.2, -0.15) is 0 Å². The molecule has 0 aliphatic rings. The summed E-state index contributed by atoms with van der Waals surface area (Å²) in [5.74, 6) is -0.963. The van der Waals surface area contributed by atoms with Gasteiger partial charge in [0.15, 0.2) is 0 Å². The molecule has 3 aromatic rings. The van der Waals surface area contributed by atoms with Crippen molar-refractivity contribution in [3.63, 3.8) is 0 Å². The van der Waals surface area contributed by atoms with E-state index in [4.69, 9.17) is 0 Å². The Bertz CT molecular complexity index is 1010. The van der Waals surface area contributed by atoms with Crippen LogP contribution in [0.15, 0.2) is 77.7 Å². The lowest BCUT2D eigenvalue weighted by Crippen LogP contribution is -2.15. The largest absolute Gasteiger partial charge is 0.325 e. The van der Waals surface area contributed by atoms with Gasteiger partial charge in [0.25, 0.3) is 5.91 Å². The second-order valence-electron chi connectivity index (χ2n) is 6.11. The maximum atomic E-state index is 13.7. The maximum Gasteiger partial charge on any atom is 0.258 e. The van der Waals surface area contributed by atoms with Crippen LogP contribution < -0.4 is 10.6 Å². The minimum atomic E-state index is -0.571. The molecule has 0 spiro atoms. The van der Waals surface area contributed by atoms with E-state index in [-0.39, 0.29) is 17.2 Å². The number of thioether (sulfide) groups is 1. The number of para-hydroxylation sites is 1. The Kier molecular flexibility index (Phi) is 6.45. The number of amides is 2. The molecule has 0 radical (unpaired) electrons. The normalized spacial score (nSPS) is 10.4. The predicted molar refractivity (Wildman–Crippen MR) is 111 cm³/mol. The SMILES string of the molecule is Cc1ccccc1NC(=O)CSc1cccc(NC(=O)c2ccccc2F)c1. The quantitative estimate of drug-likeness (QED) is 0.571. The van der Waals surface area contributed by atoms with Crippen molar-refractivity contribution in [3.05, 3.63) is 89.7 Å². The van der Waals surface area contributed by atoms with Crippen LogP contribution in [-0.2, 0) is 4.79 Å². The Balaban J connectivity index is 1.59. The van der Waals surface area contributed by atoms with Crippen LogP contribution in [0.5, 0.6) is 0 Å². The van der Waals surface area contributed by atoms with E-state index in [9.17, 15) is 14.0 Å². The second-order valence-corrected chi connectivity index (χ2v) is 7.16. The molecule has 0 fully saturated rings. The van der Waals surface area contributed by atoms with Crippen LogP contribution in [-0.4, -0.2) is 17.6 Å². The number of carbonyl (C=O) groups excluding carboxylic acids is 2. The Hall–Kier alpha value is -3.12. The fraction of sp³-hybridized carbons (Fsp3) is 0.0909. The number of carbonyl (C=O) groups is 2. The summed E-state index contributed by atoms with van der Waals surface area (Å²) in [6.45, 7) is 1.93. The fourth-order valence-electron chi connectivity index (χ4n) is 2.56. The van der Waals surface area contributed by atoms with E-state index in [2.05, 4.69) is 10.6 Å². The van der Waals surface area contributed by atoms with Crippen molar-refractivity contribution in [1.29, 1.82) is 0 Å². The average molecular weight is 394 g/mol. The fourth-order valence-corrected chi connectivity index (χ4v) is 3.31. The summed E-state index contributed by atoms with van der Waals surface area (Å²) >= 11 is 1.36. The molecular formula is C22H19FN2O2S. The van der Waals surface area contributed by atoms with Gasteiger partial charge in [-0.1, -0.05) is 36.4 Å². The number of hydrogen-bond donors (Lipinski definition) is 2. The van der Waals surface area contributed by atoms with Crippen LogP contribution in [0.25, 0.3) is 0 Å². The third kappa shape index (κ3) is 5.20. The first kappa shape index (κ1) is 19.6.